The van der Waals surface area contributed by atoms with Gasteiger partial charge in [-0.2, -0.15) is 15.8 Å². The van der Waals surface area contributed by atoms with Gasteiger partial charge in [-0.1, -0.05) is 18.2 Å². The SMILES string of the molecule is N#CC(C#N)C(C#N)c1ccccc1F. The first kappa shape index (κ1) is 10.7. The molecule has 0 spiro atoms. The molecule has 0 N–H and O–H groups in total. The highest BCUT2D eigenvalue weighted by Crippen LogP contribution is 2.25. The Morgan fingerprint density at radius 3 is 2.07 bits per heavy atom. The molecular weight excluding hydrogens is 193 g/mol. The molecule has 0 heterocycles. The molecule has 0 fully saturated rings. The fourth-order valence-electron chi connectivity index (χ4n) is 1.23. The highest BCUT2D eigenvalue weighted by molar-refractivity contribution is 5.31. The quantitative estimate of drug-likeness (QED) is 0.732. The van der Waals surface area contributed by atoms with E-state index in [2.05, 4.69) is 0 Å². The third-order valence-electron chi connectivity index (χ3n) is 1.99. The molecule has 0 amide bonds. The van der Waals surface area contributed by atoms with Crippen molar-refractivity contribution in [2.75, 3.05) is 0 Å². The average molecular weight is 199 g/mol. The van der Waals surface area contributed by atoms with Crippen LogP contribution in [-0.4, -0.2) is 0 Å². The van der Waals surface area contributed by atoms with E-state index in [4.69, 9.17) is 15.8 Å². The molecule has 1 unspecified atom stereocenters. The average Bonchev–Trinajstić information content (AvgIpc) is 2.27. The Morgan fingerprint density at radius 2 is 1.60 bits per heavy atom. The van der Waals surface area contributed by atoms with Gasteiger partial charge in [0.2, 0.25) is 0 Å². The first-order chi connectivity index (χ1) is 7.24. The maximum absolute atomic E-state index is 13.3. The van der Waals surface area contributed by atoms with Gasteiger partial charge in [-0.15, -0.1) is 0 Å². The summed E-state index contributed by atoms with van der Waals surface area (Å²) >= 11 is 0. The van der Waals surface area contributed by atoms with Gasteiger partial charge in [0.1, 0.15) is 11.7 Å². The summed E-state index contributed by atoms with van der Waals surface area (Å²) in [6, 6.07) is 10.8. The van der Waals surface area contributed by atoms with Crippen LogP contribution in [0.25, 0.3) is 0 Å². The summed E-state index contributed by atoms with van der Waals surface area (Å²) in [5.74, 6) is -2.76. The van der Waals surface area contributed by atoms with Crippen molar-refractivity contribution in [3.05, 3.63) is 35.6 Å². The van der Waals surface area contributed by atoms with E-state index in [1.807, 2.05) is 0 Å². The van der Waals surface area contributed by atoms with Crippen LogP contribution in [0.1, 0.15) is 11.5 Å². The molecule has 0 aliphatic rings. The summed E-state index contributed by atoms with van der Waals surface area (Å²) < 4.78 is 13.3. The van der Waals surface area contributed by atoms with Crippen LogP contribution in [0.3, 0.4) is 0 Å². The Kier molecular flexibility index (Phi) is 3.38. The van der Waals surface area contributed by atoms with Gasteiger partial charge in [0.05, 0.1) is 18.2 Å². The molecule has 4 heteroatoms. The third-order valence-corrected chi connectivity index (χ3v) is 1.99. The van der Waals surface area contributed by atoms with Crippen molar-refractivity contribution >= 4 is 0 Å². The Labute approximate surface area is 86.6 Å². The van der Waals surface area contributed by atoms with E-state index in [1.54, 1.807) is 24.3 Å². The van der Waals surface area contributed by atoms with Crippen molar-refractivity contribution < 1.29 is 4.39 Å². The number of hydrogen-bond donors (Lipinski definition) is 0. The molecule has 1 atom stereocenters. The van der Waals surface area contributed by atoms with Gasteiger partial charge in [0.25, 0.3) is 0 Å². The van der Waals surface area contributed by atoms with E-state index < -0.39 is 17.7 Å². The molecule has 1 aromatic carbocycles. The first-order valence-corrected chi connectivity index (χ1v) is 4.18. The molecule has 0 saturated heterocycles. The second-order valence-corrected chi connectivity index (χ2v) is 2.86. The topological polar surface area (TPSA) is 71.4 Å². The van der Waals surface area contributed by atoms with Crippen molar-refractivity contribution in [2.24, 2.45) is 5.92 Å². The Bertz CT molecular complexity index is 462. The minimum Gasteiger partial charge on any atom is -0.207 e. The van der Waals surface area contributed by atoms with E-state index in [9.17, 15) is 4.39 Å². The van der Waals surface area contributed by atoms with Crippen LogP contribution in [0.4, 0.5) is 4.39 Å². The summed E-state index contributed by atoms with van der Waals surface area (Å²) in [6.07, 6.45) is 0. The van der Waals surface area contributed by atoms with Gasteiger partial charge in [0.15, 0.2) is 5.92 Å². The second kappa shape index (κ2) is 4.74. The van der Waals surface area contributed by atoms with Crippen LogP contribution in [-0.2, 0) is 0 Å². The number of benzene rings is 1. The number of hydrogen-bond acceptors (Lipinski definition) is 3. The van der Waals surface area contributed by atoms with Gasteiger partial charge >= 0.3 is 0 Å². The molecule has 15 heavy (non-hydrogen) atoms. The lowest BCUT2D eigenvalue weighted by atomic mass is 9.89. The molecule has 1 aromatic rings. The van der Waals surface area contributed by atoms with Crippen LogP contribution >= 0.6 is 0 Å². The van der Waals surface area contributed by atoms with Crippen LogP contribution in [0, 0.1) is 45.7 Å². The van der Waals surface area contributed by atoms with Gasteiger partial charge in [-0.3, -0.25) is 0 Å². The maximum Gasteiger partial charge on any atom is 0.153 e. The molecular formula is C11H6FN3. The van der Waals surface area contributed by atoms with Gasteiger partial charge in [-0.05, 0) is 6.07 Å². The number of nitrogens with zero attached hydrogens (tertiary/aromatic N) is 3. The van der Waals surface area contributed by atoms with Crippen LogP contribution in [0.15, 0.2) is 24.3 Å². The highest BCUT2D eigenvalue weighted by Gasteiger charge is 2.24. The first-order valence-electron chi connectivity index (χ1n) is 4.18. The summed E-state index contributed by atoms with van der Waals surface area (Å²) in [5, 5.41) is 26.1. The van der Waals surface area contributed by atoms with Crippen molar-refractivity contribution in [3.8, 4) is 18.2 Å². The minimum atomic E-state index is -1.15. The van der Waals surface area contributed by atoms with Gasteiger partial charge in [0, 0.05) is 5.56 Å². The molecule has 0 bridgehead atoms. The third kappa shape index (κ3) is 2.10. The van der Waals surface area contributed by atoms with Crippen molar-refractivity contribution in [2.45, 2.75) is 5.92 Å². The highest BCUT2D eigenvalue weighted by atomic mass is 19.1. The lowest BCUT2D eigenvalue weighted by Crippen LogP contribution is -2.09. The molecule has 0 saturated carbocycles. The maximum atomic E-state index is 13.3. The fourth-order valence-corrected chi connectivity index (χ4v) is 1.23. The van der Waals surface area contributed by atoms with Crippen molar-refractivity contribution in [1.29, 1.82) is 15.8 Å². The summed E-state index contributed by atoms with van der Waals surface area (Å²) in [5.41, 5.74) is 0.0908. The Hall–Kier alpha value is -2.38. The van der Waals surface area contributed by atoms with E-state index in [0.717, 1.165) is 0 Å². The summed E-state index contributed by atoms with van der Waals surface area (Å²) in [4.78, 5) is 0. The van der Waals surface area contributed by atoms with Crippen molar-refractivity contribution in [1.82, 2.24) is 0 Å². The normalized spacial score (nSPS) is 11.1. The molecule has 0 aliphatic heterocycles. The number of halogens is 1. The predicted octanol–water partition coefficient (Wildman–Crippen LogP) is 2.10. The predicted molar refractivity (Wildman–Crippen MR) is 49.5 cm³/mol. The lowest BCUT2D eigenvalue weighted by molar-refractivity contribution is 0.589. The molecule has 3 nitrogen and oxygen atoms in total. The van der Waals surface area contributed by atoms with Gasteiger partial charge < -0.3 is 0 Å². The second-order valence-electron chi connectivity index (χ2n) is 2.86. The van der Waals surface area contributed by atoms with E-state index >= 15 is 0 Å². The van der Waals surface area contributed by atoms with E-state index in [0.29, 0.717) is 0 Å². The number of nitriles is 3. The zero-order valence-electron chi connectivity index (χ0n) is 7.68. The Morgan fingerprint density at radius 1 is 1.00 bits per heavy atom. The summed E-state index contributed by atoms with van der Waals surface area (Å²) in [7, 11) is 0. The monoisotopic (exact) mass is 199 g/mol. The zero-order valence-corrected chi connectivity index (χ0v) is 7.68. The van der Waals surface area contributed by atoms with E-state index in [-0.39, 0.29) is 5.56 Å². The molecule has 0 aliphatic carbocycles. The minimum absolute atomic E-state index is 0.0908. The number of rotatable bonds is 2. The van der Waals surface area contributed by atoms with Crippen molar-refractivity contribution in [3.63, 3.8) is 0 Å². The lowest BCUT2D eigenvalue weighted by Gasteiger charge is -2.09. The standard InChI is InChI=1S/C11H6FN3/c12-11-4-2-1-3-9(11)10(7-15)8(5-13)6-14/h1-4,8,10H. The molecule has 1 rings (SSSR count). The van der Waals surface area contributed by atoms with Crippen LogP contribution in [0.2, 0.25) is 0 Å². The van der Waals surface area contributed by atoms with Gasteiger partial charge in [-0.25, -0.2) is 4.39 Å². The molecule has 72 valence electrons. The largest absolute Gasteiger partial charge is 0.207 e. The molecule has 0 aromatic heterocycles. The molecule has 0 radical (unpaired) electrons. The summed E-state index contributed by atoms with van der Waals surface area (Å²) in [6.45, 7) is 0. The zero-order chi connectivity index (χ0) is 11.3. The van der Waals surface area contributed by atoms with Crippen LogP contribution < -0.4 is 0 Å². The fraction of sp³-hybridized carbons (Fsp3) is 0.182. The Balaban J connectivity index is 3.17. The van der Waals surface area contributed by atoms with Crippen LogP contribution in [0.5, 0.6) is 0 Å². The van der Waals surface area contributed by atoms with E-state index in [1.165, 1.54) is 18.2 Å². The smallest absolute Gasteiger partial charge is 0.153 e.